The molecule has 0 amide bonds. The highest BCUT2D eigenvalue weighted by Crippen LogP contribution is 2.35. The van der Waals surface area contributed by atoms with E-state index in [-0.39, 0.29) is 30.5 Å². The summed E-state index contributed by atoms with van der Waals surface area (Å²) in [6, 6.07) is 12.7. The molecule has 1 unspecified atom stereocenters. The van der Waals surface area contributed by atoms with E-state index in [4.69, 9.17) is 5.73 Å². The summed E-state index contributed by atoms with van der Waals surface area (Å²) in [6.45, 7) is 4.81. The first kappa shape index (κ1) is 28.2. The van der Waals surface area contributed by atoms with Crippen molar-refractivity contribution in [3.8, 4) is 0 Å². The molecule has 0 radical (unpaired) electrons. The number of nitrogens with zero attached hydrogens (tertiary/aromatic N) is 4. The minimum atomic E-state index is -3.62. The quantitative estimate of drug-likeness (QED) is 0.288. The lowest BCUT2D eigenvalue weighted by molar-refractivity contribution is 0.240. The van der Waals surface area contributed by atoms with Gasteiger partial charge in [0.2, 0.25) is 21.9 Å². The molecule has 0 aliphatic heterocycles. The van der Waals surface area contributed by atoms with E-state index in [2.05, 4.69) is 25.0 Å². The zero-order chi connectivity index (χ0) is 27.3. The summed E-state index contributed by atoms with van der Waals surface area (Å²) < 4.78 is 29.1. The van der Waals surface area contributed by atoms with Crippen LogP contribution in [0, 0.1) is 11.8 Å². The molecule has 38 heavy (non-hydrogen) atoms. The Kier molecular flexibility index (Phi) is 9.14. The number of rotatable bonds is 11. The van der Waals surface area contributed by atoms with Crippen LogP contribution in [0.4, 0.5) is 11.9 Å². The van der Waals surface area contributed by atoms with E-state index >= 15 is 0 Å². The maximum Gasteiger partial charge on any atom is 0.241 e. The standard InChI is InChI=1S/C27H39N7O3S/c1-18(2)30-26-31-25(32-27(33-26)34(3)15-16-35)24(28)21-13-11-19(12-14-21)17-29-38(36,37)23-10-6-8-20-7-4-5-9-22(20)23/h4-10,18-19,21,24,29,35H,11-17,28H2,1-3H3,(H,30,31,32,33). The van der Waals surface area contributed by atoms with Crippen LogP contribution in [0.1, 0.15) is 51.4 Å². The SMILES string of the molecule is CC(C)Nc1nc(C(N)C2CCC(CNS(=O)(=O)c3cccc4ccccc34)CC2)nc(N(C)CCO)n1. The van der Waals surface area contributed by atoms with E-state index in [1.165, 1.54) is 0 Å². The molecule has 1 aromatic heterocycles. The van der Waals surface area contributed by atoms with Crippen LogP contribution < -0.4 is 20.7 Å². The van der Waals surface area contributed by atoms with Gasteiger partial charge in [0.25, 0.3) is 0 Å². The predicted molar refractivity (Wildman–Crippen MR) is 150 cm³/mol. The summed E-state index contributed by atoms with van der Waals surface area (Å²) >= 11 is 0. The van der Waals surface area contributed by atoms with Gasteiger partial charge in [-0.3, -0.25) is 0 Å². The van der Waals surface area contributed by atoms with Crippen molar-refractivity contribution < 1.29 is 13.5 Å². The Morgan fingerprint density at radius 1 is 1.05 bits per heavy atom. The zero-order valence-electron chi connectivity index (χ0n) is 22.3. The fourth-order valence-corrected chi connectivity index (χ4v) is 6.31. The Morgan fingerprint density at radius 3 is 2.47 bits per heavy atom. The van der Waals surface area contributed by atoms with Crippen LogP contribution in [-0.2, 0) is 10.0 Å². The van der Waals surface area contributed by atoms with E-state index in [1.807, 2.05) is 51.2 Å². The molecule has 1 atom stereocenters. The van der Waals surface area contributed by atoms with Gasteiger partial charge >= 0.3 is 0 Å². The highest BCUT2D eigenvalue weighted by atomic mass is 32.2. The van der Waals surface area contributed by atoms with Gasteiger partial charge in [-0.15, -0.1) is 0 Å². The minimum absolute atomic E-state index is 0.00915. The summed E-state index contributed by atoms with van der Waals surface area (Å²) in [4.78, 5) is 15.8. The van der Waals surface area contributed by atoms with Gasteiger partial charge in [-0.1, -0.05) is 36.4 Å². The molecule has 2 aromatic carbocycles. The lowest BCUT2D eigenvalue weighted by Gasteiger charge is -2.32. The first-order chi connectivity index (χ1) is 18.2. The van der Waals surface area contributed by atoms with Gasteiger partial charge < -0.3 is 21.1 Å². The third kappa shape index (κ3) is 6.76. The van der Waals surface area contributed by atoms with E-state index in [1.54, 1.807) is 17.0 Å². The minimum Gasteiger partial charge on any atom is -0.395 e. The molecule has 1 heterocycles. The van der Waals surface area contributed by atoms with Crippen LogP contribution in [0.25, 0.3) is 10.8 Å². The summed E-state index contributed by atoms with van der Waals surface area (Å²) in [5.41, 5.74) is 6.67. The summed E-state index contributed by atoms with van der Waals surface area (Å²) in [5, 5.41) is 14.2. The van der Waals surface area contributed by atoms with Crippen LogP contribution in [0.2, 0.25) is 0 Å². The molecule has 5 N–H and O–H groups in total. The molecule has 0 spiro atoms. The predicted octanol–water partition coefficient (Wildman–Crippen LogP) is 3.06. The van der Waals surface area contributed by atoms with Crippen molar-refractivity contribution in [2.75, 3.05) is 37.0 Å². The van der Waals surface area contributed by atoms with Crippen molar-refractivity contribution in [1.29, 1.82) is 0 Å². The van der Waals surface area contributed by atoms with Crippen molar-refractivity contribution >= 4 is 32.7 Å². The Labute approximate surface area is 225 Å². The number of hydrogen-bond acceptors (Lipinski definition) is 9. The second-order valence-corrected chi connectivity index (χ2v) is 12.1. The van der Waals surface area contributed by atoms with Gasteiger partial charge in [0.15, 0.2) is 5.82 Å². The van der Waals surface area contributed by atoms with Gasteiger partial charge in [-0.2, -0.15) is 15.0 Å². The maximum atomic E-state index is 13.1. The Balaban J connectivity index is 1.39. The van der Waals surface area contributed by atoms with Gasteiger partial charge in [0.1, 0.15) is 0 Å². The van der Waals surface area contributed by atoms with E-state index < -0.39 is 10.0 Å². The van der Waals surface area contributed by atoms with Crippen LogP contribution in [0.15, 0.2) is 47.4 Å². The molecule has 1 saturated carbocycles. The number of aliphatic hydroxyl groups excluding tert-OH is 1. The fourth-order valence-electron chi connectivity index (χ4n) is 4.97. The molecule has 10 nitrogen and oxygen atoms in total. The average molecular weight is 542 g/mol. The molecule has 0 saturated heterocycles. The van der Waals surface area contributed by atoms with Crippen molar-refractivity contribution in [2.45, 2.75) is 56.5 Å². The number of benzene rings is 2. The van der Waals surface area contributed by atoms with Gasteiger partial charge in [0.05, 0.1) is 17.5 Å². The van der Waals surface area contributed by atoms with E-state index in [0.717, 1.165) is 36.5 Å². The van der Waals surface area contributed by atoms with Gasteiger partial charge in [-0.05, 0) is 62.8 Å². The molecule has 1 aliphatic rings. The third-order valence-electron chi connectivity index (χ3n) is 7.13. The van der Waals surface area contributed by atoms with Crippen molar-refractivity contribution in [3.05, 3.63) is 48.3 Å². The van der Waals surface area contributed by atoms with Crippen molar-refractivity contribution in [2.24, 2.45) is 17.6 Å². The summed E-state index contributed by atoms with van der Waals surface area (Å²) in [5.74, 6) is 1.90. The van der Waals surface area contributed by atoms with E-state index in [0.29, 0.717) is 35.7 Å². The molecule has 11 heteroatoms. The summed E-state index contributed by atoms with van der Waals surface area (Å²) in [7, 11) is -1.80. The number of nitrogens with one attached hydrogen (secondary N) is 2. The molecule has 1 aliphatic carbocycles. The average Bonchev–Trinajstić information content (AvgIpc) is 2.91. The number of fused-ring (bicyclic) bond motifs is 1. The fraction of sp³-hybridized carbons (Fsp3) is 0.519. The number of hydrogen-bond donors (Lipinski definition) is 4. The highest BCUT2D eigenvalue weighted by Gasteiger charge is 2.30. The first-order valence-electron chi connectivity index (χ1n) is 13.3. The smallest absolute Gasteiger partial charge is 0.241 e. The summed E-state index contributed by atoms with van der Waals surface area (Å²) in [6.07, 6.45) is 3.47. The molecular formula is C27H39N7O3S. The molecule has 3 aromatic rings. The number of likely N-dealkylation sites (N-methyl/N-ethyl adjacent to an activating group) is 1. The maximum absolute atomic E-state index is 13.1. The van der Waals surface area contributed by atoms with Crippen molar-refractivity contribution in [3.63, 3.8) is 0 Å². The first-order valence-corrected chi connectivity index (χ1v) is 14.7. The van der Waals surface area contributed by atoms with E-state index in [9.17, 15) is 13.5 Å². The Bertz CT molecular complexity index is 1320. The molecule has 206 valence electrons. The van der Waals surface area contributed by atoms with Gasteiger partial charge in [0, 0.05) is 31.6 Å². The number of nitrogens with two attached hydrogens (primary N) is 1. The molecule has 0 bridgehead atoms. The topological polar surface area (TPSA) is 146 Å². The Hall–Kier alpha value is -2.86. The second kappa shape index (κ2) is 12.3. The number of sulfonamides is 1. The number of anilines is 2. The lowest BCUT2D eigenvalue weighted by atomic mass is 9.78. The third-order valence-corrected chi connectivity index (χ3v) is 8.62. The van der Waals surface area contributed by atoms with Crippen LogP contribution >= 0.6 is 0 Å². The number of aliphatic hydroxyl groups is 1. The molecular weight excluding hydrogens is 502 g/mol. The van der Waals surface area contributed by atoms with Crippen LogP contribution in [-0.4, -0.2) is 61.3 Å². The largest absolute Gasteiger partial charge is 0.395 e. The zero-order valence-corrected chi connectivity index (χ0v) is 23.2. The second-order valence-electron chi connectivity index (χ2n) is 10.4. The molecule has 1 fully saturated rings. The highest BCUT2D eigenvalue weighted by molar-refractivity contribution is 7.89. The molecule has 4 rings (SSSR count). The lowest BCUT2D eigenvalue weighted by Crippen LogP contribution is -2.34. The number of aromatic nitrogens is 3. The monoisotopic (exact) mass is 541 g/mol. The van der Waals surface area contributed by atoms with Crippen molar-refractivity contribution in [1.82, 2.24) is 19.7 Å². The Morgan fingerprint density at radius 2 is 1.76 bits per heavy atom. The van der Waals surface area contributed by atoms with Crippen LogP contribution in [0.3, 0.4) is 0 Å². The van der Waals surface area contributed by atoms with Crippen LogP contribution in [0.5, 0.6) is 0 Å². The van der Waals surface area contributed by atoms with Gasteiger partial charge in [-0.25, -0.2) is 13.1 Å². The normalized spacial score (nSPS) is 19.0.